The van der Waals surface area contributed by atoms with Crippen LogP contribution in [0.15, 0.2) is 34.0 Å². The summed E-state index contributed by atoms with van der Waals surface area (Å²) in [5, 5.41) is 11.5. The Hall–Kier alpha value is -2.27. The van der Waals surface area contributed by atoms with Crippen LogP contribution in [0.3, 0.4) is 0 Å². The smallest absolute Gasteiger partial charge is 0.336 e. The standard InChI is InChI=1S/C20H24O5/c1-5-7-13-9-16(21)25-20-17(13)14(23-8-6-2)10-15-18(20)19(22)11(3)12(4)24-15/h6,9-12,19,22H,2,5,7-8H2,1,3-4H3/t11-,12+,19?/m0/s1. The zero-order valence-corrected chi connectivity index (χ0v) is 14.9. The van der Waals surface area contributed by atoms with Crippen LogP contribution in [0, 0.1) is 5.92 Å². The van der Waals surface area contributed by atoms with Gasteiger partial charge < -0.3 is 19.0 Å². The highest BCUT2D eigenvalue weighted by molar-refractivity contribution is 5.91. The largest absolute Gasteiger partial charge is 0.490 e. The Morgan fingerprint density at radius 3 is 2.80 bits per heavy atom. The Bertz CT molecular complexity index is 851. The molecule has 134 valence electrons. The normalized spacial score (nSPS) is 22.3. The summed E-state index contributed by atoms with van der Waals surface area (Å²) in [5.41, 5.74) is 1.31. The summed E-state index contributed by atoms with van der Waals surface area (Å²) in [6, 6.07) is 3.28. The molecule has 3 rings (SSSR count). The first-order chi connectivity index (χ1) is 12.0. The van der Waals surface area contributed by atoms with Gasteiger partial charge >= 0.3 is 5.63 Å². The van der Waals surface area contributed by atoms with E-state index >= 15 is 0 Å². The second-order valence-electron chi connectivity index (χ2n) is 6.56. The molecule has 2 heterocycles. The molecule has 0 fully saturated rings. The van der Waals surface area contributed by atoms with Gasteiger partial charge in [0, 0.05) is 18.1 Å². The van der Waals surface area contributed by atoms with Gasteiger partial charge in [0.1, 0.15) is 24.2 Å². The van der Waals surface area contributed by atoms with Gasteiger partial charge in [-0.05, 0) is 18.9 Å². The fourth-order valence-electron chi connectivity index (χ4n) is 3.32. The number of benzene rings is 1. The molecule has 1 aromatic carbocycles. The van der Waals surface area contributed by atoms with E-state index in [0.29, 0.717) is 35.7 Å². The molecule has 0 aliphatic carbocycles. The number of aryl methyl sites for hydroxylation is 1. The van der Waals surface area contributed by atoms with Crippen molar-refractivity contribution in [2.75, 3.05) is 6.61 Å². The second kappa shape index (κ2) is 6.92. The van der Waals surface area contributed by atoms with Crippen LogP contribution in [0.5, 0.6) is 11.5 Å². The maximum atomic E-state index is 12.1. The predicted molar refractivity (Wildman–Crippen MR) is 96.4 cm³/mol. The minimum absolute atomic E-state index is 0.115. The van der Waals surface area contributed by atoms with Gasteiger partial charge in [0.05, 0.1) is 17.1 Å². The molecule has 5 heteroatoms. The van der Waals surface area contributed by atoms with Crippen LogP contribution in [0.25, 0.3) is 11.0 Å². The molecule has 0 saturated heterocycles. The minimum atomic E-state index is -0.769. The van der Waals surface area contributed by atoms with E-state index in [1.54, 1.807) is 12.1 Å². The van der Waals surface area contributed by atoms with Gasteiger partial charge in [-0.2, -0.15) is 0 Å². The van der Waals surface area contributed by atoms with Gasteiger partial charge in [-0.15, -0.1) is 0 Å². The number of ether oxygens (including phenoxy) is 2. The Morgan fingerprint density at radius 2 is 2.12 bits per heavy atom. The summed E-state index contributed by atoms with van der Waals surface area (Å²) in [5.74, 6) is 0.965. The molecule has 0 amide bonds. The summed E-state index contributed by atoms with van der Waals surface area (Å²) < 4.78 is 17.3. The third-order valence-corrected chi connectivity index (χ3v) is 4.78. The molecule has 0 radical (unpaired) electrons. The van der Waals surface area contributed by atoms with Crippen LogP contribution in [0.1, 0.15) is 44.4 Å². The van der Waals surface area contributed by atoms with Crippen LogP contribution in [-0.2, 0) is 6.42 Å². The number of aliphatic hydroxyl groups excluding tert-OH is 1. The molecular weight excluding hydrogens is 320 g/mol. The number of aliphatic hydroxyl groups is 1. The monoisotopic (exact) mass is 344 g/mol. The van der Waals surface area contributed by atoms with Crippen molar-refractivity contribution in [1.82, 2.24) is 0 Å². The highest BCUT2D eigenvalue weighted by Crippen LogP contribution is 2.46. The van der Waals surface area contributed by atoms with Crippen molar-refractivity contribution >= 4 is 11.0 Å². The Morgan fingerprint density at radius 1 is 1.36 bits per heavy atom. The summed E-state index contributed by atoms with van der Waals surface area (Å²) in [7, 11) is 0. The van der Waals surface area contributed by atoms with Crippen molar-refractivity contribution in [3.63, 3.8) is 0 Å². The molecule has 1 aliphatic heterocycles. The van der Waals surface area contributed by atoms with E-state index in [1.807, 2.05) is 20.8 Å². The third kappa shape index (κ3) is 3.04. The average molecular weight is 344 g/mol. The van der Waals surface area contributed by atoms with E-state index in [2.05, 4.69) is 6.58 Å². The number of hydrogen-bond donors (Lipinski definition) is 1. The van der Waals surface area contributed by atoms with Gasteiger partial charge in [-0.1, -0.05) is 32.9 Å². The Kier molecular flexibility index (Phi) is 4.86. The third-order valence-electron chi connectivity index (χ3n) is 4.78. The Balaban J connectivity index is 2.35. The lowest BCUT2D eigenvalue weighted by atomic mass is 9.88. The first-order valence-electron chi connectivity index (χ1n) is 8.70. The molecule has 1 aromatic heterocycles. The van der Waals surface area contributed by atoms with E-state index in [9.17, 15) is 9.90 Å². The van der Waals surface area contributed by atoms with Crippen LogP contribution in [0.4, 0.5) is 0 Å². The summed E-state index contributed by atoms with van der Waals surface area (Å²) >= 11 is 0. The first-order valence-corrected chi connectivity index (χ1v) is 8.70. The van der Waals surface area contributed by atoms with Crippen LogP contribution in [-0.4, -0.2) is 17.8 Å². The lowest BCUT2D eigenvalue weighted by Gasteiger charge is -2.34. The molecule has 0 saturated carbocycles. The number of hydrogen-bond acceptors (Lipinski definition) is 5. The van der Waals surface area contributed by atoms with Crippen molar-refractivity contribution in [3.8, 4) is 11.5 Å². The van der Waals surface area contributed by atoms with Crippen LogP contribution >= 0.6 is 0 Å². The van der Waals surface area contributed by atoms with Crippen molar-refractivity contribution in [1.29, 1.82) is 0 Å². The molecule has 1 unspecified atom stereocenters. The van der Waals surface area contributed by atoms with E-state index in [4.69, 9.17) is 13.9 Å². The van der Waals surface area contributed by atoms with E-state index in [0.717, 1.165) is 17.4 Å². The summed E-state index contributed by atoms with van der Waals surface area (Å²) in [6.07, 6.45) is 2.33. The molecule has 5 nitrogen and oxygen atoms in total. The minimum Gasteiger partial charge on any atom is -0.490 e. The molecule has 1 N–H and O–H groups in total. The van der Waals surface area contributed by atoms with E-state index in [-0.39, 0.29) is 12.0 Å². The van der Waals surface area contributed by atoms with Crippen LogP contribution < -0.4 is 15.1 Å². The van der Waals surface area contributed by atoms with Crippen molar-refractivity contribution < 1.29 is 19.0 Å². The zero-order chi connectivity index (χ0) is 18.1. The summed E-state index contributed by atoms with van der Waals surface area (Å²) in [6.45, 7) is 9.88. The Labute approximate surface area is 146 Å². The topological polar surface area (TPSA) is 68.9 Å². The second-order valence-corrected chi connectivity index (χ2v) is 6.56. The molecule has 1 aliphatic rings. The van der Waals surface area contributed by atoms with Crippen LogP contribution in [0.2, 0.25) is 0 Å². The van der Waals surface area contributed by atoms with Gasteiger partial charge in [0.15, 0.2) is 5.58 Å². The van der Waals surface area contributed by atoms with Gasteiger partial charge in [-0.3, -0.25) is 0 Å². The van der Waals surface area contributed by atoms with E-state index < -0.39 is 11.7 Å². The van der Waals surface area contributed by atoms with E-state index in [1.165, 1.54) is 6.07 Å². The van der Waals surface area contributed by atoms with Crippen molar-refractivity contribution in [3.05, 3.63) is 46.3 Å². The van der Waals surface area contributed by atoms with Gasteiger partial charge in [0.2, 0.25) is 0 Å². The molecule has 0 spiro atoms. The fraction of sp³-hybridized carbons (Fsp3) is 0.450. The maximum Gasteiger partial charge on any atom is 0.336 e. The summed E-state index contributed by atoms with van der Waals surface area (Å²) in [4.78, 5) is 12.1. The average Bonchev–Trinajstić information content (AvgIpc) is 2.57. The van der Waals surface area contributed by atoms with Gasteiger partial charge in [-0.25, -0.2) is 4.79 Å². The molecule has 0 bridgehead atoms. The zero-order valence-electron chi connectivity index (χ0n) is 14.9. The first kappa shape index (κ1) is 17.5. The SMILES string of the molecule is C=CCOc1cc2c(c3oc(=O)cc(CCC)c13)C(O)[C@@H](C)[C@@H](C)O2. The van der Waals surface area contributed by atoms with Crippen molar-refractivity contribution in [2.24, 2.45) is 5.92 Å². The molecular formula is C20H24O5. The highest BCUT2D eigenvalue weighted by atomic mass is 16.5. The highest BCUT2D eigenvalue weighted by Gasteiger charge is 2.35. The lowest BCUT2D eigenvalue weighted by molar-refractivity contribution is 0.0178. The maximum absolute atomic E-state index is 12.1. The number of rotatable bonds is 5. The fourth-order valence-corrected chi connectivity index (χ4v) is 3.32. The predicted octanol–water partition coefficient (Wildman–Crippen LogP) is 3.76. The molecule has 2 aromatic rings. The number of fused-ring (bicyclic) bond motifs is 3. The molecule has 25 heavy (non-hydrogen) atoms. The quantitative estimate of drug-likeness (QED) is 0.661. The molecule has 3 atom stereocenters. The van der Waals surface area contributed by atoms with Gasteiger partial charge in [0.25, 0.3) is 0 Å². The lowest BCUT2D eigenvalue weighted by Crippen LogP contribution is -2.32. The van der Waals surface area contributed by atoms with Crippen molar-refractivity contribution in [2.45, 2.75) is 45.8 Å².